The number of fused-ring (bicyclic) bond motifs is 1. The predicted molar refractivity (Wildman–Crippen MR) is 147 cm³/mol. The Kier molecular flexibility index (Phi) is 8.36. The van der Waals surface area contributed by atoms with Crippen molar-refractivity contribution < 1.29 is 23.8 Å². The number of aryl methyl sites for hydroxylation is 1. The van der Waals surface area contributed by atoms with Gasteiger partial charge < -0.3 is 29.3 Å². The van der Waals surface area contributed by atoms with Gasteiger partial charge in [-0.05, 0) is 72.7 Å². The normalized spacial score (nSPS) is 15.9. The molecule has 200 valence electrons. The number of carbonyl (C=O) groups excluding carboxylic acids is 2. The Morgan fingerprint density at radius 2 is 1.95 bits per heavy atom. The summed E-state index contributed by atoms with van der Waals surface area (Å²) in [5.74, 6) is 1.21. The van der Waals surface area contributed by atoms with Gasteiger partial charge in [-0.15, -0.1) is 11.3 Å². The van der Waals surface area contributed by atoms with Crippen LogP contribution in [0, 0.1) is 6.92 Å². The van der Waals surface area contributed by atoms with Crippen LogP contribution in [0.4, 0.5) is 10.5 Å². The van der Waals surface area contributed by atoms with Crippen LogP contribution in [0.1, 0.15) is 28.8 Å². The second kappa shape index (κ2) is 12.1. The van der Waals surface area contributed by atoms with Crippen LogP contribution in [0.25, 0.3) is 0 Å². The average molecular weight is 556 g/mol. The molecule has 5 rings (SSSR count). The zero-order valence-electron chi connectivity index (χ0n) is 21.2. The third kappa shape index (κ3) is 6.59. The standard InChI is InChI=1S/C28H30ClN3O5S/c1-19-9-11-38-26(19)16-31(14-20-7-8-24-25(12-20)37-18-36-24)27(33)17-32(15-23-6-3-10-35-23)28(34)30-22-5-2-4-21(29)13-22/h2,4-5,7-9,11-13,23H,3,6,10,14-18H2,1H3,(H,30,34). The summed E-state index contributed by atoms with van der Waals surface area (Å²) < 4.78 is 16.8. The number of hydrogen-bond donors (Lipinski definition) is 1. The summed E-state index contributed by atoms with van der Waals surface area (Å²) >= 11 is 7.72. The fraction of sp³-hybridized carbons (Fsp3) is 0.357. The molecule has 0 bridgehead atoms. The van der Waals surface area contributed by atoms with Gasteiger partial charge in [-0.25, -0.2) is 4.79 Å². The molecule has 1 atom stereocenters. The maximum absolute atomic E-state index is 13.8. The number of benzene rings is 2. The minimum atomic E-state index is -0.369. The van der Waals surface area contributed by atoms with E-state index in [2.05, 4.69) is 5.32 Å². The lowest BCUT2D eigenvalue weighted by Gasteiger charge is -2.29. The summed E-state index contributed by atoms with van der Waals surface area (Å²) in [6.07, 6.45) is 1.69. The molecule has 1 aromatic heterocycles. The third-order valence-corrected chi connectivity index (χ3v) is 7.85. The number of ether oxygens (including phenoxy) is 3. The molecule has 1 fully saturated rings. The van der Waals surface area contributed by atoms with Gasteiger partial charge >= 0.3 is 6.03 Å². The van der Waals surface area contributed by atoms with Crippen LogP contribution in [0.5, 0.6) is 11.5 Å². The molecule has 3 amide bonds. The van der Waals surface area contributed by atoms with Crippen LogP contribution in [0.2, 0.25) is 5.02 Å². The zero-order valence-corrected chi connectivity index (χ0v) is 22.7. The first-order valence-corrected chi connectivity index (χ1v) is 13.8. The maximum Gasteiger partial charge on any atom is 0.322 e. The fourth-order valence-electron chi connectivity index (χ4n) is 4.52. The number of anilines is 1. The van der Waals surface area contributed by atoms with Crippen molar-refractivity contribution in [1.82, 2.24) is 9.80 Å². The molecular weight excluding hydrogens is 526 g/mol. The van der Waals surface area contributed by atoms with Gasteiger partial charge in [-0.3, -0.25) is 4.79 Å². The Balaban J connectivity index is 1.35. The highest BCUT2D eigenvalue weighted by Crippen LogP contribution is 2.33. The number of thiophene rings is 1. The van der Waals surface area contributed by atoms with Gasteiger partial charge in [0.1, 0.15) is 6.54 Å². The highest BCUT2D eigenvalue weighted by Gasteiger charge is 2.27. The van der Waals surface area contributed by atoms with Crippen LogP contribution in [0.15, 0.2) is 53.9 Å². The summed E-state index contributed by atoms with van der Waals surface area (Å²) in [6.45, 7) is 3.95. The smallest absolute Gasteiger partial charge is 0.322 e. The molecule has 3 aromatic rings. The molecular formula is C28H30ClN3O5S. The Morgan fingerprint density at radius 1 is 1.08 bits per heavy atom. The number of rotatable bonds is 9. The van der Waals surface area contributed by atoms with Gasteiger partial charge in [0.15, 0.2) is 11.5 Å². The minimum Gasteiger partial charge on any atom is -0.454 e. The van der Waals surface area contributed by atoms with Gasteiger partial charge in [-0.2, -0.15) is 0 Å². The monoisotopic (exact) mass is 555 g/mol. The predicted octanol–water partition coefficient (Wildman–Crippen LogP) is 5.68. The number of halogens is 1. The SMILES string of the molecule is Cc1ccsc1CN(Cc1ccc2c(c1)OCO2)C(=O)CN(CC1CCCO1)C(=O)Nc1cccc(Cl)c1. The molecule has 8 nitrogen and oxygen atoms in total. The lowest BCUT2D eigenvalue weighted by molar-refractivity contribution is -0.133. The summed E-state index contributed by atoms with van der Waals surface area (Å²) in [7, 11) is 0. The van der Waals surface area contributed by atoms with E-state index in [4.69, 9.17) is 25.8 Å². The highest BCUT2D eigenvalue weighted by molar-refractivity contribution is 7.10. The van der Waals surface area contributed by atoms with Gasteiger partial charge in [0.2, 0.25) is 12.7 Å². The lowest BCUT2D eigenvalue weighted by atomic mass is 10.1. The molecule has 2 aromatic carbocycles. The van der Waals surface area contributed by atoms with E-state index in [1.807, 2.05) is 36.6 Å². The third-order valence-electron chi connectivity index (χ3n) is 6.60. The number of nitrogens with zero attached hydrogens (tertiary/aromatic N) is 2. The van der Waals surface area contributed by atoms with Gasteiger partial charge in [-0.1, -0.05) is 23.7 Å². The molecule has 3 heterocycles. The fourth-order valence-corrected chi connectivity index (χ4v) is 5.63. The van der Waals surface area contributed by atoms with E-state index in [1.54, 1.807) is 40.5 Å². The van der Waals surface area contributed by atoms with Crippen LogP contribution in [0.3, 0.4) is 0 Å². The molecule has 0 saturated carbocycles. The van der Waals surface area contributed by atoms with Gasteiger partial charge in [0.25, 0.3) is 0 Å². The Morgan fingerprint density at radius 3 is 2.71 bits per heavy atom. The van der Waals surface area contributed by atoms with Gasteiger partial charge in [0, 0.05) is 35.3 Å². The molecule has 1 saturated heterocycles. The van der Waals surface area contributed by atoms with E-state index < -0.39 is 0 Å². The van der Waals surface area contributed by atoms with Crippen molar-refractivity contribution in [1.29, 1.82) is 0 Å². The summed E-state index contributed by atoms with van der Waals surface area (Å²) in [5.41, 5.74) is 2.62. The number of nitrogens with one attached hydrogen (secondary N) is 1. The van der Waals surface area contributed by atoms with Crippen molar-refractivity contribution in [2.45, 2.75) is 39.0 Å². The average Bonchev–Trinajstić information content (AvgIpc) is 3.66. The Bertz CT molecular complexity index is 1290. The molecule has 10 heteroatoms. The van der Waals surface area contributed by atoms with Crippen LogP contribution in [-0.4, -0.2) is 54.3 Å². The van der Waals surface area contributed by atoms with E-state index in [0.717, 1.165) is 28.8 Å². The quantitative estimate of drug-likeness (QED) is 0.367. The molecule has 0 spiro atoms. The molecule has 38 heavy (non-hydrogen) atoms. The first-order chi connectivity index (χ1) is 18.4. The van der Waals surface area contributed by atoms with Crippen molar-refractivity contribution in [3.63, 3.8) is 0 Å². The van der Waals surface area contributed by atoms with E-state index in [1.165, 1.54) is 4.90 Å². The summed E-state index contributed by atoms with van der Waals surface area (Å²) in [6, 6.07) is 14.3. The molecule has 1 unspecified atom stereocenters. The molecule has 1 N–H and O–H groups in total. The van der Waals surface area contributed by atoms with Crippen molar-refractivity contribution in [2.75, 3.05) is 31.8 Å². The van der Waals surface area contributed by atoms with Gasteiger partial charge in [0.05, 0.1) is 12.6 Å². The van der Waals surface area contributed by atoms with Crippen molar-refractivity contribution in [3.8, 4) is 11.5 Å². The Hall–Kier alpha value is -3.27. The minimum absolute atomic E-state index is 0.0821. The molecule has 0 radical (unpaired) electrons. The number of amides is 3. The molecule has 0 aliphatic carbocycles. The van der Waals surface area contributed by atoms with Crippen LogP contribution in [-0.2, 0) is 22.6 Å². The zero-order chi connectivity index (χ0) is 26.5. The summed E-state index contributed by atoms with van der Waals surface area (Å²) in [4.78, 5) is 31.6. The topological polar surface area (TPSA) is 80.3 Å². The number of hydrogen-bond acceptors (Lipinski definition) is 6. The first-order valence-electron chi connectivity index (χ1n) is 12.6. The largest absolute Gasteiger partial charge is 0.454 e. The van der Waals surface area contributed by atoms with E-state index >= 15 is 0 Å². The van der Waals surface area contributed by atoms with Crippen LogP contribution >= 0.6 is 22.9 Å². The second-order valence-electron chi connectivity index (χ2n) is 9.42. The van der Waals surface area contributed by atoms with Crippen molar-refractivity contribution in [2.24, 2.45) is 0 Å². The van der Waals surface area contributed by atoms with E-state index in [9.17, 15) is 9.59 Å². The number of urea groups is 1. The Labute approximate surface area is 231 Å². The van der Waals surface area contributed by atoms with E-state index in [0.29, 0.717) is 48.5 Å². The first kappa shape index (κ1) is 26.3. The molecule has 2 aliphatic rings. The van der Waals surface area contributed by atoms with Crippen molar-refractivity contribution in [3.05, 3.63) is 74.9 Å². The van der Waals surface area contributed by atoms with Crippen LogP contribution < -0.4 is 14.8 Å². The maximum atomic E-state index is 13.8. The summed E-state index contributed by atoms with van der Waals surface area (Å²) in [5, 5.41) is 5.42. The van der Waals surface area contributed by atoms with E-state index in [-0.39, 0.29) is 31.4 Å². The molecule has 2 aliphatic heterocycles. The number of carbonyl (C=O) groups is 2. The lowest BCUT2D eigenvalue weighted by Crippen LogP contribution is -2.46. The highest BCUT2D eigenvalue weighted by atomic mass is 35.5. The van der Waals surface area contributed by atoms with Crippen molar-refractivity contribution >= 4 is 40.6 Å². The second-order valence-corrected chi connectivity index (χ2v) is 10.9.